The van der Waals surface area contributed by atoms with E-state index in [1.165, 1.54) is 116 Å². The van der Waals surface area contributed by atoms with Crippen LogP contribution in [0.4, 0.5) is 0 Å². The summed E-state index contributed by atoms with van der Waals surface area (Å²) in [5, 5.41) is 0. The van der Waals surface area contributed by atoms with Gasteiger partial charge in [0.05, 0.1) is 0 Å². The smallest absolute Gasteiger partial charge is 0.0135 e. The van der Waals surface area contributed by atoms with Gasteiger partial charge >= 0.3 is 0 Å². The Morgan fingerprint density at radius 2 is 0.556 bits per heavy atom. The lowest BCUT2D eigenvalue weighted by atomic mass is 9.40. The second-order valence-electron chi connectivity index (χ2n) is 25.1. The first kappa shape index (κ1) is 40.7. The highest BCUT2D eigenvalue weighted by molar-refractivity contribution is 5.14. The highest BCUT2D eigenvalue weighted by atomic mass is 15.2. The van der Waals surface area contributed by atoms with Crippen LogP contribution in [0, 0.1) is 81.8 Å². The quantitative estimate of drug-likeness (QED) is 0.267. The van der Waals surface area contributed by atoms with Crippen LogP contribution in [0.2, 0.25) is 0 Å². The van der Waals surface area contributed by atoms with Gasteiger partial charge in [0, 0.05) is 36.3 Å². The van der Waals surface area contributed by atoms with Gasteiger partial charge < -0.3 is 0 Å². The van der Waals surface area contributed by atoms with Crippen molar-refractivity contribution in [2.75, 3.05) is 0 Å². The van der Waals surface area contributed by atoms with Crippen LogP contribution in [0.5, 0.6) is 0 Å². The molecule has 0 saturated heterocycles. The molecule has 10 atom stereocenters. The van der Waals surface area contributed by atoms with Crippen molar-refractivity contribution in [3.8, 4) is 0 Å². The van der Waals surface area contributed by atoms with Crippen molar-refractivity contribution in [2.45, 2.75) is 247 Å². The summed E-state index contributed by atoms with van der Waals surface area (Å²) in [6, 6.07) is 5.13. The standard InChI is InChI=1S/C52H92N2/c1-33-11-19-37(20-12-33)53(38-21-13-34(2)14-22-38)47-31-45(51(5,6)7)41-28-30-44-48(32-46(52(8,9)10)42-27-29-43(47)49(41)50(42)44)54(39-23-15-35(3)16-24-39)40-25-17-36(4)18-26-40/h33-50H,11-32H2,1-10H3. The van der Waals surface area contributed by atoms with Crippen LogP contribution in [0.15, 0.2) is 0 Å². The van der Waals surface area contributed by atoms with Gasteiger partial charge in [-0.1, -0.05) is 69.2 Å². The largest absolute Gasteiger partial charge is 0.294 e. The first-order valence-corrected chi connectivity index (χ1v) is 25.2. The number of nitrogens with zero attached hydrogens (tertiary/aromatic N) is 2. The lowest BCUT2D eigenvalue weighted by molar-refractivity contribution is -0.196. The Morgan fingerprint density at radius 1 is 0.315 bits per heavy atom. The van der Waals surface area contributed by atoms with Crippen molar-refractivity contribution in [2.24, 2.45) is 81.8 Å². The summed E-state index contributed by atoms with van der Waals surface area (Å²) < 4.78 is 0. The van der Waals surface area contributed by atoms with Crippen LogP contribution >= 0.6 is 0 Å². The molecule has 2 nitrogen and oxygen atoms in total. The minimum atomic E-state index is 0.405. The van der Waals surface area contributed by atoms with Gasteiger partial charge in [-0.3, -0.25) is 9.80 Å². The summed E-state index contributed by atoms with van der Waals surface area (Å²) in [4.78, 5) is 6.84. The molecular weight excluding hydrogens is 653 g/mol. The third-order valence-corrected chi connectivity index (χ3v) is 19.7. The summed E-state index contributed by atoms with van der Waals surface area (Å²) in [7, 11) is 0. The van der Waals surface area contributed by atoms with E-state index < -0.39 is 0 Å². The first-order valence-electron chi connectivity index (χ1n) is 25.2. The molecule has 54 heavy (non-hydrogen) atoms. The van der Waals surface area contributed by atoms with Crippen LogP contribution in [-0.2, 0) is 0 Å². The predicted octanol–water partition coefficient (Wildman–Crippen LogP) is 14.1. The second-order valence-corrected chi connectivity index (χ2v) is 25.1. The maximum Gasteiger partial charge on any atom is 0.0135 e. The van der Waals surface area contributed by atoms with Gasteiger partial charge in [0.15, 0.2) is 0 Å². The van der Waals surface area contributed by atoms with Crippen molar-refractivity contribution in [1.82, 2.24) is 9.80 Å². The minimum absolute atomic E-state index is 0.405. The Kier molecular flexibility index (Phi) is 12.2. The van der Waals surface area contributed by atoms with E-state index in [4.69, 9.17) is 0 Å². The normalized spacial score (nSPS) is 49.1. The Hall–Kier alpha value is -0.0800. The molecule has 0 aromatic rings. The van der Waals surface area contributed by atoms with Crippen molar-refractivity contribution in [1.29, 1.82) is 0 Å². The van der Waals surface area contributed by atoms with Crippen molar-refractivity contribution < 1.29 is 0 Å². The topological polar surface area (TPSA) is 6.48 Å². The van der Waals surface area contributed by atoms with Crippen LogP contribution in [0.3, 0.4) is 0 Å². The van der Waals surface area contributed by atoms with Gasteiger partial charge in [-0.05, 0) is 223 Å². The van der Waals surface area contributed by atoms with E-state index in [0.717, 1.165) is 107 Å². The molecule has 2 heteroatoms. The van der Waals surface area contributed by atoms with E-state index in [2.05, 4.69) is 79.0 Å². The summed E-state index contributed by atoms with van der Waals surface area (Å²) in [5.41, 5.74) is 0.811. The van der Waals surface area contributed by atoms with E-state index in [9.17, 15) is 0 Å². The first-order chi connectivity index (χ1) is 25.7. The lowest BCUT2D eigenvalue weighted by Crippen LogP contribution is -2.68. The molecule has 0 N–H and O–H groups in total. The average molecular weight is 745 g/mol. The van der Waals surface area contributed by atoms with E-state index >= 15 is 0 Å². The molecule has 0 amide bonds. The molecule has 10 unspecified atom stereocenters. The number of hydrogen-bond acceptors (Lipinski definition) is 2. The van der Waals surface area contributed by atoms with E-state index in [1.807, 2.05) is 0 Å². The van der Waals surface area contributed by atoms with Crippen LogP contribution in [-0.4, -0.2) is 46.1 Å². The average Bonchev–Trinajstić information content (AvgIpc) is 3.13. The molecule has 0 radical (unpaired) electrons. The Bertz CT molecular complexity index is 1060. The highest BCUT2D eigenvalue weighted by Gasteiger charge is 2.63. The molecule has 8 rings (SSSR count). The molecule has 8 fully saturated rings. The minimum Gasteiger partial charge on any atom is -0.294 e. The number of hydrogen-bond donors (Lipinski definition) is 0. The summed E-state index contributed by atoms with van der Waals surface area (Å²) >= 11 is 0. The molecule has 0 bridgehead atoms. The molecule has 8 saturated carbocycles. The van der Waals surface area contributed by atoms with Gasteiger partial charge in [0.2, 0.25) is 0 Å². The monoisotopic (exact) mass is 745 g/mol. The lowest BCUT2D eigenvalue weighted by Gasteiger charge is -2.69. The van der Waals surface area contributed by atoms with Crippen molar-refractivity contribution >= 4 is 0 Å². The van der Waals surface area contributed by atoms with Crippen LogP contribution < -0.4 is 0 Å². The fourth-order valence-corrected chi connectivity index (χ4v) is 16.9. The van der Waals surface area contributed by atoms with Gasteiger partial charge in [-0.2, -0.15) is 0 Å². The molecule has 0 aromatic heterocycles. The SMILES string of the molecule is CC1CCC(N(C2CCC(C)CC2)C2CC(C(C)(C)C)C3CCC4C5C(CCC2C35)C(C(C)(C)C)CC4N(C2CCC(C)CC2)C2CCC(C)CC2)CC1. The summed E-state index contributed by atoms with van der Waals surface area (Å²) in [6.07, 6.45) is 33.0. The Balaban J connectivity index is 1.19. The second kappa shape index (κ2) is 16.2. The van der Waals surface area contributed by atoms with Crippen molar-refractivity contribution in [3.63, 3.8) is 0 Å². The van der Waals surface area contributed by atoms with E-state index in [0.29, 0.717) is 10.8 Å². The Labute approximate surface area is 337 Å². The fraction of sp³-hybridized carbons (Fsp3) is 1.00. The molecule has 0 spiro atoms. The van der Waals surface area contributed by atoms with E-state index in [1.54, 1.807) is 25.7 Å². The molecule has 0 heterocycles. The predicted molar refractivity (Wildman–Crippen MR) is 231 cm³/mol. The zero-order valence-electron chi connectivity index (χ0n) is 37.8. The van der Waals surface area contributed by atoms with Crippen molar-refractivity contribution in [3.05, 3.63) is 0 Å². The maximum absolute atomic E-state index is 3.42. The molecule has 8 aliphatic carbocycles. The van der Waals surface area contributed by atoms with Gasteiger partial charge in [0.1, 0.15) is 0 Å². The van der Waals surface area contributed by atoms with Crippen LogP contribution in [0.1, 0.15) is 210 Å². The van der Waals surface area contributed by atoms with Gasteiger partial charge in [0.25, 0.3) is 0 Å². The highest BCUT2D eigenvalue weighted by Crippen LogP contribution is 2.67. The fourth-order valence-electron chi connectivity index (χ4n) is 16.9. The maximum atomic E-state index is 3.42. The summed E-state index contributed by atoms with van der Waals surface area (Å²) in [5.74, 6) is 11.3. The van der Waals surface area contributed by atoms with E-state index in [-0.39, 0.29) is 0 Å². The Morgan fingerprint density at radius 3 is 0.796 bits per heavy atom. The summed E-state index contributed by atoms with van der Waals surface area (Å²) in [6.45, 7) is 26.4. The zero-order valence-corrected chi connectivity index (χ0v) is 37.8. The third-order valence-electron chi connectivity index (χ3n) is 19.7. The van der Waals surface area contributed by atoms with Crippen LogP contribution in [0.25, 0.3) is 0 Å². The molecule has 8 aliphatic rings. The van der Waals surface area contributed by atoms with Gasteiger partial charge in [-0.25, -0.2) is 0 Å². The molecule has 310 valence electrons. The zero-order chi connectivity index (χ0) is 38.1. The molecule has 0 aliphatic heterocycles. The van der Waals surface area contributed by atoms with Gasteiger partial charge in [-0.15, -0.1) is 0 Å². The molecule has 0 aromatic carbocycles. The number of rotatable bonds is 6. The molecular formula is C52H92N2. The third kappa shape index (κ3) is 7.98.